The Morgan fingerprint density at radius 3 is 2.39 bits per heavy atom. The van der Waals surface area contributed by atoms with E-state index in [1.807, 2.05) is 0 Å². The maximum Gasteiger partial charge on any atom is 0.419 e. The number of hydrogen-bond donors (Lipinski definition) is 1. The van der Waals surface area contributed by atoms with Crippen molar-refractivity contribution >= 4 is 0 Å². The van der Waals surface area contributed by atoms with Crippen LogP contribution in [0, 0.1) is 5.82 Å². The largest absolute Gasteiger partial charge is 0.472 e. The molecule has 2 N–H and O–H groups in total. The van der Waals surface area contributed by atoms with E-state index in [0.29, 0.717) is 11.6 Å². The number of furan rings is 1. The molecule has 0 saturated heterocycles. The van der Waals surface area contributed by atoms with E-state index in [-0.39, 0.29) is 5.56 Å². The molecule has 2 nitrogen and oxygen atoms in total. The number of benzene rings is 1. The van der Waals surface area contributed by atoms with E-state index in [2.05, 4.69) is 0 Å². The monoisotopic (exact) mass is 259 g/mol. The highest BCUT2D eigenvalue weighted by atomic mass is 19.4. The number of rotatable bonds is 2. The minimum Gasteiger partial charge on any atom is -0.472 e. The molecule has 1 atom stereocenters. The zero-order valence-corrected chi connectivity index (χ0v) is 9.04. The molecule has 0 bridgehead atoms. The van der Waals surface area contributed by atoms with Crippen LogP contribution in [0.1, 0.15) is 22.7 Å². The standard InChI is InChI=1S/C12H9F4NO/c13-10-2-1-7(5-9(10)12(14,15)16)11(17)8-3-4-18-6-8/h1-6,11H,17H2. The summed E-state index contributed by atoms with van der Waals surface area (Å²) in [6.07, 6.45) is -2.04. The second-order valence-electron chi connectivity index (χ2n) is 3.77. The summed E-state index contributed by atoms with van der Waals surface area (Å²) in [4.78, 5) is 0. The third-order valence-corrected chi connectivity index (χ3v) is 2.56. The highest BCUT2D eigenvalue weighted by Crippen LogP contribution is 2.33. The number of nitrogens with two attached hydrogens (primary N) is 1. The minimum atomic E-state index is -4.74. The van der Waals surface area contributed by atoms with E-state index in [4.69, 9.17) is 10.2 Å². The lowest BCUT2D eigenvalue weighted by Crippen LogP contribution is -2.14. The maximum atomic E-state index is 13.1. The Morgan fingerprint density at radius 2 is 1.83 bits per heavy atom. The van der Waals surface area contributed by atoms with E-state index < -0.39 is 23.6 Å². The van der Waals surface area contributed by atoms with Crippen LogP contribution >= 0.6 is 0 Å². The fraction of sp³-hybridized carbons (Fsp3) is 0.167. The smallest absolute Gasteiger partial charge is 0.419 e. The van der Waals surface area contributed by atoms with E-state index in [9.17, 15) is 17.6 Å². The van der Waals surface area contributed by atoms with Gasteiger partial charge in [0, 0.05) is 5.56 Å². The van der Waals surface area contributed by atoms with Crippen LogP contribution in [0.25, 0.3) is 0 Å². The summed E-state index contributed by atoms with van der Waals surface area (Å²) in [6, 6.07) is 3.46. The quantitative estimate of drug-likeness (QED) is 0.838. The van der Waals surface area contributed by atoms with E-state index in [0.717, 1.165) is 6.07 Å². The average molecular weight is 259 g/mol. The molecule has 2 rings (SSSR count). The van der Waals surface area contributed by atoms with Crippen LogP contribution in [0.2, 0.25) is 0 Å². The van der Waals surface area contributed by atoms with Gasteiger partial charge in [-0.3, -0.25) is 0 Å². The molecule has 0 spiro atoms. The average Bonchev–Trinajstić information content (AvgIpc) is 2.80. The molecule has 6 heteroatoms. The SMILES string of the molecule is NC(c1ccoc1)c1ccc(F)c(C(F)(F)F)c1. The van der Waals surface area contributed by atoms with Gasteiger partial charge in [0.25, 0.3) is 0 Å². The summed E-state index contributed by atoms with van der Waals surface area (Å²) >= 11 is 0. The lowest BCUT2D eigenvalue weighted by molar-refractivity contribution is -0.140. The molecule has 0 aliphatic rings. The molecule has 0 amide bonds. The lowest BCUT2D eigenvalue weighted by atomic mass is 9.99. The summed E-state index contributed by atoms with van der Waals surface area (Å²) in [6.45, 7) is 0. The summed E-state index contributed by atoms with van der Waals surface area (Å²) in [5, 5.41) is 0. The van der Waals surface area contributed by atoms with Gasteiger partial charge in [0.1, 0.15) is 5.82 Å². The number of alkyl halides is 3. The molecule has 1 unspecified atom stereocenters. The van der Waals surface area contributed by atoms with Crippen molar-refractivity contribution < 1.29 is 22.0 Å². The van der Waals surface area contributed by atoms with Crippen molar-refractivity contribution in [1.82, 2.24) is 0 Å². The first-order valence-corrected chi connectivity index (χ1v) is 5.04. The lowest BCUT2D eigenvalue weighted by Gasteiger charge is -2.14. The van der Waals surface area contributed by atoms with Gasteiger partial charge in [-0.25, -0.2) is 4.39 Å². The Balaban J connectivity index is 2.42. The first-order valence-electron chi connectivity index (χ1n) is 5.04. The van der Waals surface area contributed by atoms with E-state index >= 15 is 0 Å². The zero-order valence-electron chi connectivity index (χ0n) is 9.04. The van der Waals surface area contributed by atoms with E-state index in [1.54, 1.807) is 6.07 Å². The van der Waals surface area contributed by atoms with Crippen molar-refractivity contribution in [3.8, 4) is 0 Å². The molecule has 0 aliphatic carbocycles. The Morgan fingerprint density at radius 1 is 1.11 bits per heavy atom. The molecule has 1 aromatic heterocycles. The van der Waals surface area contributed by atoms with Crippen molar-refractivity contribution in [3.63, 3.8) is 0 Å². The molecule has 96 valence electrons. The van der Waals surface area contributed by atoms with Crippen LogP contribution in [0.4, 0.5) is 17.6 Å². The normalized spacial score (nSPS) is 13.6. The second-order valence-corrected chi connectivity index (χ2v) is 3.77. The third-order valence-electron chi connectivity index (χ3n) is 2.56. The van der Waals surface area contributed by atoms with Gasteiger partial charge < -0.3 is 10.2 Å². The molecule has 0 saturated carbocycles. The highest BCUT2D eigenvalue weighted by molar-refractivity contribution is 5.34. The Bertz CT molecular complexity index is 534. The topological polar surface area (TPSA) is 39.2 Å². The Kier molecular flexibility index (Phi) is 3.13. The van der Waals surface area contributed by atoms with Crippen molar-refractivity contribution in [1.29, 1.82) is 0 Å². The molecular formula is C12H9F4NO. The first-order chi connectivity index (χ1) is 8.39. The fourth-order valence-corrected chi connectivity index (χ4v) is 1.60. The van der Waals surface area contributed by atoms with Crippen LogP contribution in [0.5, 0.6) is 0 Å². The molecular weight excluding hydrogens is 250 g/mol. The maximum absolute atomic E-state index is 13.1. The van der Waals surface area contributed by atoms with Crippen LogP contribution in [0.15, 0.2) is 41.2 Å². The van der Waals surface area contributed by atoms with E-state index in [1.165, 1.54) is 18.6 Å². The zero-order chi connectivity index (χ0) is 13.3. The molecule has 0 fully saturated rings. The van der Waals surface area contributed by atoms with Gasteiger partial charge in [-0.05, 0) is 23.8 Å². The fourth-order valence-electron chi connectivity index (χ4n) is 1.60. The predicted octanol–water partition coefficient (Wildman–Crippen LogP) is 3.49. The summed E-state index contributed by atoms with van der Waals surface area (Å²) in [7, 11) is 0. The molecule has 2 aromatic rings. The van der Waals surface area contributed by atoms with Crippen LogP contribution in [-0.4, -0.2) is 0 Å². The second kappa shape index (κ2) is 4.45. The van der Waals surface area contributed by atoms with Gasteiger partial charge in [-0.2, -0.15) is 13.2 Å². The van der Waals surface area contributed by atoms with Crippen molar-refractivity contribution in [3.05, 3.63) is 59.3 Å². The van der Waals surface area contributed by atoms with Crippen LogP contribution < -0.4 is 5.73 Å². The van der Waals surface area contributed by atoms with Crippen molar-refractivity contribution in [2.24, 2.45) is 5.73 Å². The Hall–Kier alpha value is -1.82. The van der Waals surface area contributed by atoms with Gasteiger partial charge in [0.2, 0.25) is 0 Å². The third kappa shape index (κ3) is 2.38. The molecule has 0 radical (unpaired) electrons. The molecule has 1 heterocycles. The van der Waals surface area contributed by atoms with Crippen molar-refractivity contribution in [2.75, 3.05) is 0 Å². The molecule has 1 aromatic carbocycles. The number of hydrogen-bond acceptors (Lipinski definition) is 2. The van der Waals surface area contributed by atoms with Gasteiger partial charge >= 0.3 is 6.18 Å². The summed E-state index contributed by atoms with van der Waals surface area (Å²) in [5.74, 6) is -1.31. The van der Waals surface area contributed by atoms with Gasteiger partial charge in [-0.1, -0.05) is 6.07 Å². The molecule has 18 heavy (non-hydrogen) atoms. The summed E-state index contributed by atoms with van der Waals surface area (Å²) in [5.41, 5.74) is 5.15. The van der Waals surface area contributed by atoms with Crippen molar-refractivity contribution in [2.45, 2.75) is 12.2 Å². The molecule has 0 aliphatic heterocycles. The van der Waals surface area contributed by atoms with Gasteiger partial charge in [0.05, 0.1) is 24.1 Å². The van der Waals surface area contributed by atoms with Gasteiger partial charge in [-0.15, -0.1) is 0 Å². The van der Waals surface area contributed by atoms with Crippen LogP contribution in [0.3, 0.4) is 0 Å². The first kappa shape index (κ1) is 12.6. The minimum absolute atomic E-state index is 0.171. The summed E-state index contributed by atoms with van der Waals surface area (Å²) < 4.78 is 55.5. The number of halogens is 4. The van der Waals surface area contributed by atoms with Gasteiger partial charge in [0.15, 0.2) is 0 Å². The Labute approximate surface area is 100 Å². The van der Waals surface area contributed by atoms with Crippen LogP contribution in [-0.2, 0) is 6.18 Å². The highest BCUT2D eigenvalue weighted by Gasteiger charge is 2.34. The predicted molar refractivity (Wildman–Crippen MR) is 56.1 cm³/mol.